The highest BCUT2D eigenvalue weighted by Gasteiger charge is 2.07. The quantitative estimate of drug-likeness (QED) is 0.621. The van der Waals surface area contributed by atoms with Gasteiger partial charge in [-0.15, -0.1) is 0 Å². The number of hydrogen-bond donors (Lipinski definition) is 3. The van der Waals surface area contributed by atoms with Gasteiger partial charge in [-0.1, -0.05) is 6.92 Å². The van der Waals surface area contributed by atoms with E-state index in [1.807, 2.05) is 6.92 Å². The van der Waals surface area contributed by atoms with E-state index < -0.39 is 0 Å². The zero-order valence-corrected chi connectivity index (χ0v) is 9.85. The second-order valence-corrected chi connectivity index (χ2v) is 3.83. The molecule has 0 bridgehead atoms. The van der Waals surface area contributed by atoms with Crippen LogP contribution in [0.2, 0.25) is 0 Å². The van der Waals surface area contributed by atoms with Crippen molar-refractivity contribution in [1.29, 1.82) is 0 Å². The Morgan fingerprint density at radius 2 is 2.28 bits per heavy atom. The van der Waals surface area contributed by atoms with E-state index in [2.05, 4.69) is 30.4 Å². The topological polar surface area (TPSA) is 128 Å². The molecule has 9 heteroatoms. The molecule has 9 nitrogen and oxygen atoms in total. The third-order valence-electron chi connectivity index (χ3n) is 2.18. The predicted octanol–water partition coefficient (Wildman–Crippen LogP) is -0.925. The van der Waals surface area contributed by atoms with Crippen LogP contribution in [-0.2, 0) is 0 Å². The van der Waals surface area contributed by atoms with Crippen molar-refractivity contribution in [2.75, 3.05) is 24.2 Å². The molecule has 0 aliphatic rings. The summed E-state index contributed by atoms with van der Waals surface area (Å²) < 4.78 is 1.39. The summed E-state index contributed by atoms with van der Waals surface area (Å²) in [5.41, 5.74) is 5.59. The summed E-state index contributed by atoms with van der Waals surface area (Å²) in [7, 11) is 0. The highest BCUT2D eigenvalue weighted by molar-refractivity contribution is 5.34. The lowest BCUT2D eigenvalue weighted by atomic mass is 10.2. The molecule has 0 aliphatic carbocycles. The summed E-state index contributed by atoms with van der Waals surface area (Å²) in [5, 5.41) is 15.8. The Morgan fingerprint density at radius 1 is 1.44 bits per heavy atom. The third-order valence-corrected chi connectivity index (χ3v) is 2.18. The number of nitrogens with two attached hydrogens (primary N) is 1. The van der Waals surface area contributed by atoms with Crippen LogP contribution in [0, 0.1) is 5.92 Å². The molecule has 0 fully saturated rings. The standard InChI is InChI=1S/C9H14N8O/c1-6(3-18)2-12-8-14-7(10)15-9(16-8)17-5-11-4-13-17/h4-6,18H,2-3H2,1H3,(H3,10,12,14,15,16). The Bertz CT molecular complexity index is 499. The van der Waals surface area contributed by atoms with Crippen molar-refractivity contribution in [3.05, 3.63) is 12.7 Å². The van der Waals surface area contributed by atoms with Crippen molar-refractivity contribution in [2.24, 2.45) is 5.92 Å². The molecule has 2 aromatic rings. The summed E-state index contributed by atoms with van der Waals surface area (Å²) in [4.78, 5) is 15.9. The number of rotatable bonds is 5. The average molecular weight is 250 g/mol. The van der Waals surface area contributed by atoms with Crippen LogP contribution >= 0.6 is 0 Å². The molecule has 4 N–H and O–H groups in total. The number of aliphatic hydroxyl groups excluding tert-OH is 1. The second kappa shape index (κ2) is 5.36. The van der Waals surface area contributed by atoms with E-state index in [0.29, 0.717) is 18.4 Å². The van der Waals surface area contributed by atoms with E-state index in [1.54, 1.807) is 0 Å². The van der Waals surface area contributed by atoms with E-state index in [1.165, 1.54) is 17.3 Å². The number of hydrogen-bond acceptors (Lipinski definition) is 8. The maximum atomic E-state index is 8.93. The number of nitrogen functional groups attached to an aromatic ring is 1. The molecule has 1 atom stereocenters. The summed E-state index contributed by atoms with van der Waals surface area (Å²) in [6, 6.07) is 0. The number of anilines is 2. The van der Waals surface area contributed by atoms with Crippen molar-refractivity contribution in [3.8, 4) is 5.95 Å². The fourth-order valence-corrected chi connectivity index (χ4v) is 1.20. The monoisotopic (exact) mass is 250 g/mol. The van der Waals surface area contributed by atoms with E-state index in [0.717, 1.165) is 0 Å². The van der Waals surface area contributed by atoms with Crippen LogP contribution < -0.4 is 11.1 Å². The molecule has 0 saturated carbocycles. The van der Waals surface area contributed by atoms with Crippen LogP contribution in [0.5, 0.6) is 0 Å². The van der Waals surface area contributed by atoms with Crippen LogP contribution in [0.4, 0.5) is 11.9 Å². The van der Waals surface area contributed by atoms with E-state index in [4.69, 9.17) is 10.8 Å². The maximum Gasteiger partial charge on any atom is 0.258 e. The first-order valence-corrected chi connectivity index (χ1v) is 5.40. The minimum atomic E-state index is 0.0868. The fourth-order valence-electron chi connectivity index (χ4n) is 1.20. The maximum absolute atomic E-state index is 8.93. The van der Waals surface area contributed by atoms with Crippen molar-refractivity contribution in [2.45, 2.75) is 6.92 Å². The van der Waals surface area contributed by atoms with Gasteiger partial charge < -0.3 is 16.2 Å². The van der Waals surface area contributed by atoms with Gasteiger partial charge in [0.25, 0.3) is 5.95 Å². The number of aromatic nitrogens is 6. The fraction of sp³-hybridized carbons (Fsp3) is 0.444. The van der Waals surface area contributed by atoms with Crippen LogP contribution in [0.1, 0.15) is 6.92 Å². The molecule has 0 amide bonds. The van der Waals surface area contributed by atoms with Gasteiger partial charge in [0, 0.05) is 13.2 Å². The molecule has 2 aromatic heterocycles. The van der Waals surface area contributed by atoms with Crippen LogP contribution in [0.25, 0.3) is 5.95 Å². The number of aliphatic hydroxyl groups is 1. The molecular weight excluding hydrogens is 236 g/mol. The molecule has 0 saturated heterocycles. The zero-order valence-electron chi connectivity index (χ0n) is 9.85. The number of nitrogens with one attached hydrogen (secondary N) is 1. The van der Waals surface area contributed by atoms with Gasteiger partial charge >= 0.3 is 0 Å². The average Bonchev–Trinajstić information content (AvgIpc) is 2.89. The molecule has 0 aliphatic heterocycles. The van der Waals surface area contributed by atoms with Gasteiger partial charge in [0.05, 0.1) is 0 Å². The lowest BCUT2D eigenvalue weighted by Crippen LogP contribution is -2.18. The van der Waals surface area contributed by atoms with Crippen molar-refractivity contribution < 1.29 is 5.11 Å². The summed E-state index contributed by atoms with van der Waals surface area (Å²) in [6.07, 6.45) is 2.84. The molecular formula is C9H14N8O. The molecule has 0 aromatic carbocycles. The van der Waals surface area contributed by atoms with Gasteiger partial charge in [-0.3, -0.25) is 0 Å². The molecule has 2 heterocycles. The van der Waals surface area contributed by atoms with Crippen molar-refractivity contribution >= 4 is 11.9 Å². The Labute approximate surface area is 103 Å². The van der Waals surface area contributed by atoms with Crippen molar-refractivity contribution in [1.82, 2.24) is 29.7 Å². The van der Waals surface area contributed by atoms with Gasteiger partial charge in [-0.2, -0.15) is 24.7 Å². The van der Waals surface area contributed by atoms with E-state index in [-0.39, 0.29) is 18.5 Å². The summed E-state index contributed by atoms with van der Waals surface area (Å²) >= 11 is 0. The minimum absolute atomic E-state index is 0.0868. The first-order valence-electron chi connectivity index (χ1n) is 5.40. The highest BCUT2D eigenvalue weighted by Crippen LogP contribution is 2.06. The van der Waals surface area contributed by atoms with Crippen LogP contribution in [0.3, 0.4) is 0 Å². The third kappa shape index (κ3) is 2.88. The van der Waals surface area contributed by atoms with Crippen molar-refractivity contribution in [3.63, 3.8) is 0 Å². The Balaban J connectivity index is 2.17. The molecule has 96 valence electrons. The summed E-state index contributed by atoms with van der Waals surface area (Å²) in [5.74, 6) is 0.819. The molecule has 1 unspecified atom stereocenters. The van der Waals surface area contributed by atoms with Gasteiger partial charge in [-0.25, -0.2) is 4.98 Å². The van der Waals surface area contributed by atoms with E-state index in [9.17, 15) is 0 Å². The molecule has 2 rings (SSSR count). The Hall–Kier alpha value is -2.29. The minimum Gasteiger partial charge on any atom is -0.396 e. The number of nitrogens with zero attached hydrogens (tertiary/aromatic N) is 6. The van der Waals surface area contributed by atoms with Gasteiger partial charge in [0.15, 0.2) is 0 Å². The van der Waals surface area contributed by atoms with Crippen LogP contribution in [0.15, 0.2) is 12.7 Å². The van der Waals surface area contributed by atoms with E-state index >= 15 is 0 Å². The van der Waals surface area contributed by atoms with Gasteiger partial charge in [0.1, 0.15) is 12.7 Å². The zero-order chi connectivity index (χ0) is 13.0. The van der Waals surface area contributed by atoms with Gasteiger partial charge in [-0.05, 0) is 5.92 Å². The predicted molar refractivity (Wildman–Crippen MR) is 63.9 cm³/mol. The molecule has 0 radical (unpaired) electrons. The first-order chi connectivity index (χ1) is 8.69. The largest absolute Gasteiger partial charge is 0.396 e. The Kier molecular flexibility index (Phi) is 3.63. The normalized spacial score (nSPS) is 12.3. The smallest absolute Gasteiger partial charge is 0.258 e. The first kappa shape index (κ1) is 12.2. The molecule has 18 heavy (non-hydrogen) atoms. The van der Waals surface area contributed by atoms with Gasteiger partial charge in [0.2, 0.25) is 11.9 Å². The SMILES string of the molecule is CC(CO)CNc1nc(N)nc(-n2cncn2)n1. The lowest BCUT2D eigenvalue weighted by Gasteiger charge is -2.10. The lowest BCUT2D eigenvalue weighted by molar-refractivity contribution is 0.244. The molecule has 0 spiro atoms. The van der Waals surface area contributed by atoms with Crippen LogP contribution in [-0.4, -0.2) is 48.0 Å². The Morgan fingerprint density at radius 3 is 2.94 bits per heavy atom. The highest BCUT2D eigenvalue weighted by atomic mass is 16.3. The summed E-state index contributed by atoms with van der Waals surface area (Å²) in [6.45, 7) is 2.52. The second-order valence-electron chi connectivity index (χ2n) is 3.83.